The Morgan fingerprint density at radius 1 is 0.591 bits per heavy atom. The highest BCUT2D eigenvalue weighted by Crippen LogP contribution is 2.21. The largest absolute Gasteiger partial charge is 0.462 e. The number of amides is 8. The first-order valence-electron chi connectivity index (χ1n) is 20.4. The number of aliphatic hydroxyl groups excluding tert-OH is 2. The quantitative estimate of drug-likeness (QED) is 0.119. The van der Waals surface area contributed by atoms with Crippen molar-refractivity contribution < 1.29 is 77.8 Å². The van der Waals surface area contributed by atoms with Gasteiger partial charge in [-0.1, -0.05) is 0 Å². The van der Waals surface area contributed by atoms with E-state index in [0.717, 1.165) is 46.1 Å². The average molecular weight is 941 g/mol. The van der Waals surface area contributed by atoms with Gasteiger partial charge in [0.05, 0.1) is 49.6 Å². The molecule has 0 aromatic heterocycles. The fourth-order valence-corrected chi connectivity index (χ4v) is 6.90. The van der Waals surface area contributed by atoms with Crippen molar-refractivity contribution in [3.63, 3.8) is 0 Å². The van der Waals surface area contributed by atoms with Gasteiger partial charge in [-0.25, -0.2) is 19.6 Å². The smallest absolute Gasteiger partial charge is 0.331 e. The molecule has 3 heterocycles. The van der Waals surface area contributed by atoms with E-state index < -0.39 is 158 Å². The number of cyclic esters (lactones) is 2. The summed E-state index contributed by atoms with van der Waals surface area (Å²) < 4.78 is 10.5. The predicted octanol–water partition coefficient (Wildman–Crippen LogP) is -8.02. The second kappa shape index (κ2) is 22.3. The fourth-order valence-electron chi connectivity index (χ4n) is 6.90. The summed E-state index contributed by atoms with van der Waals surface area (Å²) >= 11 is 0. The zero-order valence-electron chi connectivity index (χ0n) is 37.9. The van der Waals surface area contributed by atoms with Crippen LogP contribution in [0.1, 0.15) is 40.5 Å². The molecule has 28 nitrogen and oxygen atoms in total. The summed E-state index contributed by atoms with van der Waals surface area (Å²) in [6.45, 7) is -0.137. The Kier molecular flexibility index (Phi) is 18.3. The number of hydrogen-bond donors (Lipinski definition) is 8. The van der Waals surface area contributed by atoms with Crippen LogP contribution in [0.15, 0.2) is 10.2 Å². The summed E-state index contributed by atoms with van der Waals surface area (Å²) in [5.41, 5.74) is 8.06. The first-order chi connectivity index (χ1) is 30.5. The number of nitrogens with two attached hydrogens (primary N) is 2. The van der Waals surface area contributed by atoms with Crippen LogP contribution in [-0.2, 0) is 57.4 Å². The van der Waals surface area contributed by atoms with Crippen LogP contribution in [0.3, 0.4) is 0 Å². The zero-order valence-corrected chi connectivity index (χ0v) is 37.9. The molecule has 0 radical (unpaired) electrons. The van der Waals surface area contributed by atoms with Gasteiger partial charge in [-0.2, -0.15) is 10.2 Å². The van der Waals surface area contributed by atoms with E-state index >= 15 is 0 Å². The van der Waals surface area contributed by atoms with Crippen molar-refractivity contribution in [2.75, 3.05) is 67.6 Å². The van der Waals surface area contributed by atoms with Gasteiger partial charge in [0.2, 0.25) is 35.4 Å². The lowest BCUT2D eigenvalue weighted by molar-refractivity contribution is -0.166. The van der Waals surface area contributed by atoms with Gasteiger partial charge in [0.25, 0.3) is 11.8 Å². The molecule has 0 aromatic rings. The maximum atomic E-state index is 13.5. The molecule has 8 amide bonds. The van der Waals surface area contributed by atoms with E-state index in [-0.39, 0.29) is 12.8 Å². The number of carbonyl (C=O) groups is 10. The van der Waals surface area contributed by atoms with E-state index in [2.05, 4.69) is 20.8 Å². The molecule has 368 valence electrons. The molecule has 0 aromatic carbocycles. The molecule has 3 aliphatic heterocycles. The van der Waals surface area contributed by atoms with Gasteiger partial charge in [-0.15, -0.1) is 0 Å². The average Bonchev–Trinajstić information content (AvgIpc) is 3.23. The van der Waals surface area contributed by atoms with Crippen molar-refractivity contribution in [3.8, 4) is 0 Å². The van der Waals surface area contributed by atoms with E-state index in [4.69, 9.17) is 20.9 Å². The SMILES string of the molecule is CN1CC(=O)N(C)[C@@H](C(C)(C)O)C(=O)OC[C@@H](N)C(=O)N2N=CC[C@H](O)[C@H]2C(=O)NCC(=O)N(C)CC(=O)N(C)[C@@H](C(C)(C)O)C(=O)OC[C@@H](N)C(=O)N2N=CC[C@H](O)[C@H]2C(=O)NCC1=O. The highest BCUT2D eigenvalue weighted by atomic mass is 16.5. The molecule has 3 rings (SSSR count). The topological polar surface area (TPSA) is 390 Å². The zero-order chi connectivity index (χ0) is 50.2. The van der Waals surface area contributed by atoms with Gasteiger partial charge < -0.3 is 71.6 Å². The lowest BCUT2D eigenvalue weighted by Gasteiger charge is -2.36. The number of nitrogens with zero attached hydrogens (tertiary/aromatic N) is 8. The number of hydrazone groups is 2. The molecule has 0 spiro atoms. The number of aliphatic hydroxyl groups is 4. The third-order valence-corrected chi connectivity index (χ3v) is 10.6. The number of fused-ring (bicyclic) bond motifs is 2. The maximum Gasteiger partial charge on any atom is 0.331 e. The van der Waals surface area contributed by atoms with Gasteiger partial charge in [-0.3, -0.25) is 38.4 Å². The lowest BCUT2D eigenvalue weighted by atomic mass is 9.97. The standard InChI is InChI=1S/C38H60N12O16/c1-37(2,63)29-35(61)65-17-19(39)33(59)49-27(21(51)9-11-43-49)31(57)42-14-24(54)46(6)16-26(56)48(8)30(38(3,4)64)36(62)66-18-20(40)34(60)50-28(22(52)10-12-44-50)32(58)41-13-23(53)45(5)15-25(55)47(29)7/h11-12,19-22,27-30,51-52,63-64H,9-10,13-18,39-40H2,1-8H3,(H,41,58)(H,42,57)/t19-,20-,21+,22+,27+,28+,29-,30-/m1/s1. The Morgan fingerprint density at radius 3 is 1.21 bits per heavy atom. The molecule has 0 bridgehead atoms. The number of esters is 2. The van der Waals surface area contributed by atoms with Crippen LogP contribution in [0.4, 0.5) is 0 Å². The molecule has 0 saturated carbocycles. The minimum absolute atomic E-state index is 0.214. The van der Waals surface area contributed by atoms with Crippen LogP contribution >= 0.6 is 0 Å². The Morgan fingerprint density at radius 2 is 0.909 bits per heavy atom. The Labute approximate surface area is 378 Å². The monoisotopic (exact) mass is 940 g/mol. The van der Waals surface area contributed by atoms with Crippen molar-refractivity contribution in [1.29, 1.82) is 0 Å². The van der Waals surface area contributed by atoms with Crippen LogP contribution in [0.5, 0.6) is 0 Å². The first kappa shape index (κ1) is 54.1. The van der Waals surface area contributed by atoms with Gasteiger partial charge in [0, 0.05) is 53.5 Å². The fraction of sp³-hybridized carbons (Fsp3) is 0.684. The van der Waals surface area contributed by atoms with E-state index in [1.807, 2.05) is 0 Å². The van der Waals surface area contributed by atoms with E-state index in [1.165, 1.54) is 41.8 Å². The summed E-state index contributed by atoms with van der Waals surface area (Å²) in [4.78, 5) is 137. The molecular formula is C38H60N12O16. The number of rotatable bonds is 2. The van der Waals surface area contributed by atoms with E-state index in [1.54, 1.807) is 0 Å². The third kappa shape index (κ3) is 13.4. The Balaban J connectivity index is 1.96. The van der Waals surface area contributed by atoms with Crippen molar-refractivity contribution in [2.45, 2.75) is 100 Å². The summed E-state index contributed by atoms with van der Waals surface area (Å²) in [7, 11) is 4.57. The lowest BCUT2D eigenvalue weighted by Crippen LogP contribution is -2.61. The minimum Gasteiger partial charge on any atom is -0.462 e. The van der Waals surface area contributed by atoms with Crippen molar-refractivity contribution in [2.24, 2.45) is 21.7 Å². The van der Waals surface area contributed by atoms with Crippen LogP contribution in [0.2, 0.25) is 0 Å². The first-order valence-corrected chi connectivity index (χ1v) is 20.4. The van der Waals surface area contributed by atoms with Crippen molar-refractivity contribution in [3.05, 3.63) is 0 Å². The number of hydrogen-bond acceptors (Lipinski definition) is 20. The molecule has 0 aliphatic carbocycles. The second-order valence-electron chi connectivity index (χ2n) is 17.0. The number of nitrogens with one attached hydrogen (secondary N) is 2. The van der Waals surface area contributed by atoms with Gasteiger partial charge in [0.1, 0.15) is 25.3 Å². The molecule has 66 heavy (non-hydrogen) atoms. The molecule has 8 atom stereocenters. The highest BCUT2D eigenvalue weighted by molar-refractivity contribution is 5.96. The van der Waals surface area contributed by atoms with Gasteiger partial charge in [-0.05, 0) is 27.7 Å². The Bertz CT molecular complexity index is 1820. The molecule has 1 fully saturated rings. The number of ether oxygens (including phenoxy) is 2. The van der Waals surface area contributed by atoms with Crippen LogP contribution in [-0.4, -0.2) is 249 Å². The third-order valence-electron chi connectivity index (χ3n) is 10.6. The van der Waals surface area contributed by atoms with Gasteiger partial charge in [0.15, 0.2) is 24.2 Å². The van der Waals surface area contributed by atoms with Crippen LogP contribution < -0.4 is 22.1 Å². The van der Waals surface area contributed by atoms with E-state index in [0.29, 0.717) is 10.0 Å². The molecule has 0 unspecified atom stereocenters. The maximum absolute atomic E-state index is 13.5. The second-order valence-corrected chi connectivity index (χ2v) is 17.0. The molecule has 3 aliphatic rings. The summed E-state index contributed by atoms with van der Waals surface area (Å²) in [5.74, 6) is -10.5. The minimum atomic E-state index is -2.00. The molecule has 1 saturated heterocycles. The predicted molar refractivity (Wildman–Crippen MR) is 224 cm³/mol. The molecule has 10 N–H and O–H groups in total. The summed E-state index contributed by atoms with van der Waals surface area (Å²) in [6.07, 6.45) is -1.35. The highest BCUT2D eigenvalue weighted by Gasteiger charge is 2.45. The summed E-state index contributed by atoms with van der Waals surface area (Å²) in [6, 6.07) is -10.5. The van der Waals surface area contributed by atoms with Crippen LogP contribution in [0, 0.1) is 0 Å². The molecular weight excluding hydrogens is 880 g/mol. The van der Waals surface area contributed by atoms with Crippen molar-refractivity contribution >= 4 is 71.6 Å². The van der Waals surface area contributed by atoms with Crippen molar-refractivity contribution in [1.82, 2.24) is 40.3 Å². The molecule has 28 heteroatoms. The number of carbonyl (C=O) groups excluding carboxylic acids is 10. The Hall–Kier alpha value is -6.20. The number of likely N-dealkylation sites (N-methyl/N-ethyl adjacent to an activating group) is 4. The summed E-state index contributed by atoms with van der Waals surface area (Å²) in [5, 5.41) is 56.6. The van der Waals surface area contributed by atoms with Gasteiger partial charge >= 0.3 is 11.9 Å². The van der Waals surface area contributed by atoms with E-state index in [9.17, 15) is 68.4 Å². The van der Waals surface area contributed by atoms with Crippen LogP contribution in [0.25, 0.3) is 0 Å². The normalized spacial score (nSPS) is 29.1.